The highest BCUT2D eigenvalue weighted by molar-refractivity contribution is 5.93. The lowest BCUT2D eigenvalue weighted by Crippen LogP contribution is -2.50. The molecule has 24 heavy (non-hydrogen) atoms. The third-order valence-electron chi connectivity index (χ3n) is 4.40. The van der Waals surface area contributed by atoms with Crippen LogP contribution in [0.2, 0.25) is 0 Å². The second-order valence-electron chi connectivity index (χ2n) is 7.19. The van der Waals surface area contributed by atoms with Gasteiger partial charge in [0, 0.05) is 18.6 Å². The van der Waals surface area contributed by atoms with Crippen molar-refractivity contribution in [2.45, 2.75) is 39.5 Å². The smallest absolute Gasteiger partial charge is 0.341 e. The molecule has 1 aromatic carbocycles. The number of ether oxygens (including phenoxy) is 1. The fraction of sp³-hybridized carbons (Fsp3) is 0.562. The lowest BCUT2D eigenvalue weighted by molar-refractivity contribution is -0.0458. The van der Waals surface area contributed by atoms with Gasteiger partial charge in [-0.15, -0.1) is 0 Å². The molecule has 0 amide bonds. The number of anilines is 2. The van der Waals surface area contributed by atoms with E-state index in [0.29, 0.717) is 6.61 Å². The summed E-state index contributed by atoms with van der Waals surface area (Å²) in [6.07, 6.45) is 0.104. The molecular weight excluding hydrogens is 325 g/mol. The first-order chi connectivity index (χ1) is 11.1. The Labute approximate surface area is 137 Å². The molecule has 2 aliphatic heterocycles. The molecule has 0 aromatic heterocycles. The van der Waals surface area contributed by atoms with Crippen LogP contribution in [0.4, 0.5) is 24.5 Å². The minimum atomic E-state index is -1.84. The molecule has 0 spiro atoms. The molecule has 1 aromatic rings. The molecule has 2 aliphatic rings. The average Bonchev–Trinajstić information content (AvgIpc) is 2.80. The third-order valence-corrected chi connectivity index (χ3v) is 4.40. The number of carbonyl (C=O) groups is 1. The zero-order valence-electron chi connectivity index (χ0n) is 13.6. The van der Waals surface area contributed by atoms with Gasteiger partial charge in [-0.2, -0.15) is 0 Å². The highest BCUT2D eigenvalue weighted by Crippen LogP contribution is 2.46. The molecule has 5 nitrogen and oxygen atoms in total. The van der Waals surface area contributed by atoms with Crippen LogP contribution >= 0.6 is 0 Å². The number of nitrogens with zero attached hydrogens (tertiary/aromatic N) is 1. The monoisotopic (exact) mass is 344 g/mol. The summed E-state index contributed by atoms with van der Waals surface area (Å²) in [5, 5.41) is 11.9. The van der Waals surface area contributed by atoms with E-state index >= 15 is 0 Å². The first kappa shape index (κ1) is 16.9. The van der Waals surface area contributed by atoms with Crippen LogP contribution in [0.3, 0.4) is 0 Å². The van der Waals surface area contributed by atoms with Crippen molar-refractivity contribution in [2.24, 2.45) is 5.41 Å². The van der Waals surface area contributed by atoms with Crippen molar-refractivity contribution in [1.82, 2.24) is 0 Å². The van der Waals surface area contributed by atoms with Gasteiger partial charge in [-0.05, 0) is 6.42 Å². The van der Waals surface area contributed by atoms with Crippen molar-refractivity contribution >= 4 is 17.3 Å². The minimum absolute atomic E-state index is 0.150. The largest absolute Gasteiger partial charge is 0.477 e. The van der Waals surface area contributed by atoms with Crippen LogP contribution in [-0.4, -0.2) is 36.5 Å². The Morgan fingerprint density at radius 3 is 2.38 bits per heavy atom. The van der Waals surface area contributed by atoms with Crippen molar-refractivity contribution in [2.75, 3.05) is 23.4 Å². The summed E-state index contributed by atoms with van der Waals surface area (Å²) < 4.78 is 48.4. The normalized spacial score (nSPS) is 22.8. The first-order valence-corrected chi connectivity index (χ1v) is 7.71. The van der Waals surface area contributed by atoms with Gasteiger partial charge in [0.05, 0.1) is 6.10 Å². The Hall–Kier alpha value is -1.96. The number of carboxylic acid groups (broad SMARTS) is 1. The van der Waals surface area contributed by atoms with Crippen LogP contribution in [-0.2, 0) is 4.74 Å². The van der Waals surface area contributed by atoms with Crippen LogP contribution in [0.5, 0.6) is 0 Å². The number of rotatable bonds is 3. The molecule has 132 valence electrons. The van der Waals surface area contributed by atoms with E-state index in [2.05, 4.69) is 5.32 Å². The summed E-state index contributed by atoms with van der Waals surface area (Å²) >= 11 is 0. The molecule has 0 radical (unpaired) electrons. The standard InChI is InChI=1S/C16H19F3N2O3/c1-16(2,3)15-20-12-11(19)9(17)8(14(22)23)10(18)13(12)21(15)6-7-4-5-24-7/h7,15,20H,4-6H2,1-3H3,(H,22,23)/t7-,15?/m0/s1. The Kier molecular flexibility index (Phi) is 3.90. The summed E-state index contributed by atoms with van der Waals surface area (Å²) in [6.45, 7) is 6.48. The molecule has 1 fully saturated rings. The van der Waals surface area contributed by atoms with Crippen LogP contribution < -0.4 is 10.2 Å². The summed E-state index contributed by atoms with van der Waals surface area (Å²) in [5.41, 5.74) is -2.31. The maximum absolute atomic E-state index is 14.7. The molecule has 1 unspecified atom stereocenters. The van der Waals surface area contributed by atoms with Gasteiger partial charge in [0.25, 0.3) is 0 Å². The van der Waals surface area contributed by atoms with Crippen molar-refractivity contribution in [3.05, 3.63) is 23.0 Å². The van der Waals surface area contributed by atoms with Gasteiger partial charge in [-0.1, -0.05) is 20.8 Å². The first-order valence-electron chi connectivity index (χ1n) is 7.71. The van der Waals surface area contributed by atoms with E-state index in [4.69, 9.17) is 9.84 Å². The highest BCUT2D eigenvalue weighted by Gasteiger charge is 2.44. The van der Waals surface area contributed by atoms with Gasteiger partial charge in [0.1, 0.15) is 23.1 Å². The minimum Gasteiger partial charge on any atom is -0.477 e. The number of carboxylic acids is 1. The Morgan fingerprint density at radius 2 is 1.92 bits per heavy atom. The number of benzene rings is 1. The SMILES string of the molecule is CC(C)(C)C1Nc2c(F)c(F)c(C(=O)O)c(F)c2N1C[C@@H]1CCO1. The summed E-state index contributed by atoms with van der Waals surface area (Å²) in [5.74, 6) is -6.18. The number of hydrogen-bond acceptors (Lipinski definition) is 4. The summed E-state index contributed by atoms with van der Waals surface area (Å²) in [7, 11) is 0. The van der Waals surface area contributed by atoms with Crippen molar-refractivity contribution < 1.29 is 27.8 Å². The molecule has 1 saturated heterocycles. The maximum atomic E-state index is 14.7. The molecule has 8 heteroatoms. The maximum Gasteiger partial charge on any atom is 0.341 e. The zero-order valence-corrected chi connectivity index (χ0v) is 13.6. The Morgan fingerprint density at radius 1 is 1.29 bits per heavy atom. The molecule has 0 bridgehead atoms. The van der Waals surface area contributed by atoms with Crippen molar-refractivity contribution in [3.8, 4) is 0 Å². The van der Waals surface area contributed by atoms with E-state index in [1.807, 2.05) is 20.8 Å². The zero-order chi connectivity index (χ0) is 17.8. The number of aromatic carboxylic acids is 1. The number of hydrogen-bond donors (Lipinski definition) is 2. The molecule has 2 heterocycles. The van der Waals surface area contributed by atoms with Crippen LogP contribution in [0, 0.1) is 22.9 Å². The second-order valence-corrected chi connectivity index (χ2v) is 7.19. The predicted molar refractivity (Wildman–Crippen MR) is 81.8 cm³/mol. The van der Waals surface area contributed by atoms with Gasteiger partial charge in [-0.3, -0.25) is 0 Å². The fourth-order valence-electron chi connectivity index (χ4n) is 3.11. The van der Waals surface area contributed by atoms with E-state index in [-0.39, 0.29) is 24.0 Å². The van der Waals surface area contributed by atoms with Gasteiger partial charge < -0.3 is 20.1 Å². The number of halogens is 3. The summed E-state index contributed by atoms with van der Waals surface area (Å²) in [6, 6.07) is 0. The molecule has 2 atom stereocenters. The van der Waals surface area contributed by atoms with Gasteiger partial charge in [-0.25, -0.2) is 18.0 Å². The van der Waals surface area contributed by atoms with Crippen LogP contribution in [0.1, 0.15) is 37.6 Å². The average molecular weight is 344 g/mol. The lowest BCUT2D eigenvalue weighted by Gasteiger charge is -2.40. The van der Waals surface area contributed by atoms with Crippen LogP contribution in [0.25, 0.3) is 0 Å². The Bertz CT molecular complexity index is 699. The Balaban J connectivity index is 2.15. The van der Waals surface area contributed by atoms with Gasteiger partial charge in [0.15, 0.2) is 17.5 Å². The van der Waals surface area contributed by atoms with Crippen molar-refractivity contribution in [3.63, 3.8) is 0 Å². The molecule has 0 saturated carbocycles. The topological polar surface area (TPSA) is 61.8 Å². The third kappa shape index (κ3) is 2.49. The highest BCUT2D eigenvalue weighted by atomic mass is 19.2. The molecule has 0 aliphatic carbocycles. The van der Waals surface area contributed by atoms with Gasteiger partial charge in [0.2, 0.25) is 0 Å². The number of nitrogens with one attached hydrogen (secondary N) is 1. The van der Waals surface area contributed by atoms with Crippen LogP contribution in [0.15, 0.2) is 0 Å². The second kappa shape index (κ2) is 5.54. The predicted octanol–water partition coefficient (Wildman–Crippen LogP) is 3.20. The molecule has 3 rings (SSSR count). The van der Waals surface area contributed by atoms with E-state index in [1.54, 1.807) is 4.90 Å². The van der Waals surface area contributed by atoms with E-state index in [0.717, 1.165) is 6.42 Å². The van der Waals surface area contributed by atoms with E-state index < -0.39 is 40.6 Å². The van der Waals surface area contributed by atoms with E-state index in [9.17, 15) is 18.0 Å². The van der Waals surface area contributed by atoms with Crippen molar-refractivity contribution in [1.29, 1.82) is 0 Å². The molecular formula is C16H19F3N2O3. The van der Waals surface area contributed by atoms with E-state index in [1.165, 1.54) is 0 Å². The quantitative estimate of drug-likeness (QED) is 0.825. The summed E-state index contributed by atoms with van der Waals surface area (Å²) in [4.78, 5) is 12.7. The number of fused-ring (bicyclic) bond motifs is 1. The lowest BCUT2D eigenvalue weighted by atomic mass is 9.91. The molecule has 2 N–H and O–H groups in total. The fourth-order valence-corrected chi connectivity index (χ4v) is 3.11. The van der Waals surface area contributed by atoms with Gasteiger partial charge >= 0.3 is 5.97 Å².